The van der Waals surface area contributed by atoms with Crippen molar-refractivity contribution in [2.24, 2.45) is 0 Å². The Morgan fingerprint density at radius 2 is 1.32 bits per heavy atom. The highest BCUT2D eigenvalue weighted by atomic mass is 16.5. The van der Waals surface area contributed by atoms with Crippen LogP contribution in [0.5, 0.6) is 23.0 Å². The van der Waals surface area contributed by atoms with E-state index in [-0.39, 0.29) is 18.3 Å². The molecule has 0 spiro atoms. The van der Waals surface area contributed by atoms with E-state index in [0.29, 0.717) is 47.9 Å². The second-order valence-corrected chi connectivity index (χ2v) is 8.91. The lowest BCUT2D eigenvalue weighted by Gasteiger charge is -2.20. The summed E-state index contributed by atoms with van der Waals surface area (Å²) in [5.74, 6) is 1.36. The zero-order chi connectivity index (χ0) is 28.9. The molecule has 0 aliphatic carbocycles. The molecule has 212 valence electrons. The van der Waals surface area contributed by atoms with Crippen LogP contribution >= 0.6 is 0 Å². The van der Waals surface area contributed by atoms with Gasteiger partial charge in [-0.05, 0) is 47.4 Å². The number of methoxy groups -OCH3 is 4. The fraction of sp³-hybridized carbons (Fsp3) is 0.300. The summed E-state index contributed by atoms with van der Waals surface area (Å²) in [6.07, 6.45) is 0.923. The van der Waals surface area contributed by atoms with Crippen molar-refractivity contribution in [1.82, 2.24) is 16.0 Å². The first-order chi connectivity index (χ1) is 19.4. The van der Waals surface area contributed by atoms with Gasteiger partial charge in [0.05, 0.1) is 34.9 Å². The standard InChI is InChI=1S/C30H36N4O6/c1-37-24-12-10-21(17-26(24)39-3)14-15-32-29(36)23(16-20-8-6-5-7-9-20)33-30(31)34-28(35)19-22-11-13-25(38-2)27(18-22)40-4/h5-13,17-18,23H,14-16,19H2,1-4H3,(H,32,36)(H3,31,33,34,35). The Hall–Kier alpha value is -4.73. The second-order valence-electron chi connectivity index (χ2n) is 8.91. The Morgan fingerprint density at radius 1 is 0.750 bits per heavy atom. The number of carbonyl (C=O) groups is 2. The molecular weight excluding hydrogens is 512 g/mol. The molecular formula is C30H36N4O6. The maximum Gasteiger partial charge on any atom is 0.242 e. The number of carbonyl (C=O) groups excluding carboxylic acids is 2. The van der Waals surface area contributed by atoms with Gasteiger partial charge in [-0.2, -0.15) is 0 Å². The van der Waals surface area contributed by atoms with Crippen molar-refractivity contribution in [3.63, 3.8) is 0 Å². The van der Waals surface area contributed by atoms with E-state index >= 15 is 0 Å². The molecule has 0 heterocycles. The summed E-state index contributed by atoms with van der Waals surface area (Å²) in [5, 5.41) is 16.6. The van der Waals surface area contributed by atoms with Crippen molar-refractivity contribution in [3.8, 4) is 23.0 Å². The second kappa shape index (κ2) is 15.0. The number of hydrogen-bond donors (Lipinski definition) is 4. The number of amides is 2. The third kappa shape index (κ3) is 8.65. The molecule has 2 amide bonds. The Balaban J connectivity index is 1.60. The quantitative estimate of drug-likeness (QED) is 0.191. The minimum atomic E-state index is -0.776. The van der Waals surface area contributed by atoms with Gasteiger partial charge in [-0.1, -0.05) is 42.5 Å². The molecule has 1 unspecified atom stereocenters. The Morgan fingerprint density at radius 3 is 1.93 bits per heavy atom. The van der Waals surface area contributed by atoms with Gasteiger partial charge < -0.3 is 29.6 Å². The highest BCUT2D eigenvalue weighted by Crippen LogP contribution is 2.28. The molecule has 0 aliphatic rings. The molecule has 0 radical (unpaired) electrons. The number of hydrogen-bond acceptors (Lipinski definition) is 7. The zero-order valence-corrected chi connectivity index (χ0v) is 23.2. The van der Waals surface area contributed by atoms with Gasteiger partial charge in [-0.25, -0.2) is 0 Å². The summed E-state index contributed by atoms with van der Waals surface area (Å²) >= 11 is 0. The van der Waals surface area contributed by atoms with Gasteiger partial charge >= 0.3 is 0 Å². The normalized spacial score (nSPS) is 11.1. The third-order valence-corrected chi connectivity index (χ3v) is 6.16. The van der Waals surface area contributed by atoms with Crippen molar-refractivity contribution in [1.29, 1.82) is 5.41 Å². The summed E-state index contributed by atoms with van der Waals surface area (Å²) in [6, 6.07) is 19.5. The minimum Gasteiger partial charge on any atom is -0.493 e. The lowest BCUT2D eigenvalue weighted by molar-refractivity contribution is -0.123. The Labute approximate surface area is 234 Å². The zero-order valence-electron chi connectivity index (χ0n) is 23.2. The maximum atomic E-state index is 13.2. The number of ether oxygens (including phenoxy) is 4. The molecule has 3 aromatic rings. The van der Waals surface area contributed by atoms with Crippen LogP contribution in [0.4, 0.5) is 0 Å². The first kappa shape index (κ1) is 29.8. The topological polar surface area (TPSA) is 131 Å². The molecule has 40 heavy (non-hydrogen) atoms. The molecule has 10 heteroatoms. The molecule has 0 aliphatic heterocycles. The van der Waals surface area contributed by atoms with Crippen molar-refractivity contribution >= 4 is 17.8 Å². The van der Waals surface area contributed by atoms with Gasteiger partial charge in [-0.3, -0.25) is 20.3 Å². The van der Waals surface area contributed by atoms with Crippen LogP contribution < -0.4 is 34.9 Å². The van der Waals surface area contributed by atoms with Gasteiger partial charge in [0.15, 0.2) is 29.0 Å². The number of benzene rings is 3. The van der Waals surface area contributed by atoms with Crippen LogP contribution in [0, 0.1) is 5.41 Å². The van der Waals surface area contributed by atoms with E-state index in [9.17, 15) is 9.59 Å². The maximum absolute atomic E-state index is 13.2. The highest BCUT2D eigenvalue weighted by Gasteiger charge is 2.21. The summed E-state index contributed by atoms with van der Waals surface area (Å²) in [5.41, 5.74) is 2.58. The SMILES string of the molecule is COc1ccc(CCNC(=O)C(Cc2ccccc2)NC(=N)NC(=O)Cc2ccc(OC)c(OC)c2)cc1OC. The molecule has 1 atom stereocenters. The van der Waals surface area contributed by atoms with E-state index < -0.39 is 11.9 Å². The number of nitrogens with one attached hydrogen (secondary N) is 4. The minimum absolute atomic E-state index is 0.0191. The van der Waals surface area contributed by atoms with Crippen LogP contribution in [0.1, 0.15) is 16.7 Å². The summed E-state index contributed by atoms with van der Waals surface area (Å²) < 4.78 is 21.1. The predicted molar refractivity (Wildman–Crippen MR) is 152 cm³/mol. The third-order valence-electron chi connectivity index (χ3n) is 6.16. The van der Waals surface area contributed by atoms with E-state index in [0.717, 1.165) is 11.1 Å². The van der Waals surface area contributed by atoms with E-state index in [1.165, 1.54) is 14.2 Å². The van der Waals surface area contributed by atoms with Gasteiger partial charge in [0, 0.05) is 13.0 Å². The van der Waals surface area contributed by atoms with Crippen LogP contribution in [-0.4, -0.2) is 58.8 Å². The van der Waals surface area contributed by atoms with E-state index in [2.05, 4.69) is 16.0 Å². The largest absolute Gasteiger partial charge is 0.493 e. The molecule has 0 bridgehead atoms. The highest BCUT2D eigenvalue weighted by molar-refractivity contribution is 5.98. The van der Waals surface area contributed by atoms with Gasteiger partial charge in [-0.15, -0.1) is 0 Å². The molecule has 10 nitrogen and oxygen atoms in total. The van der Waals surface area contributed by atoms with Crippen molar-refractivity contribution in [3.05, 3.63) is 83.4 Å². The van der Waals surface area contributed by atoms with E-state index in [1.807, 2.05) is 48.5 Å². The fourth-order valence-corrected chi connectivity index (χ4v) is 4.12. The molecule has 4 N–H and O–H groups in total. The number of guanidine groups is 1. The lowest BCUT2D eigenvalue weighted by atomic mass is 10.1. The monoisotopic (exact) mass is 548 g/mol. The molecule has 0 fully saturated rings. The van der Waals surface area contributed by atoms with E-state index in [1.54, 1.807) is 32.4 Å². The van der Waals surface area contributed by atoms with Crippen LogP contribution in [0.2, 0.25) is 0 Å². The van der Waals surface area contributed by atoms with Crippen LogP contribution in [0.15, 0.2) is 66.7 Å². The Kier molecular flexibility index (Phi) is 11.2. The average molecular weight is 549 g/mol. The molecule has 3 rings (SSSR count). The summed E-state index contributed by atoms with van der Waals surface area (Å²) in [6.45, 7) is 0.375. The van der Waals surface area contributed by atoms with Gasteiger partial charge in [0.2, 0.25) is 11.8 Å². The Bertz CT molecular complexity index is 1300. The van der Waals surface area contributed by atoms with Crippen molar-refractivity contribution in [2.75, 3.05) is 35.0 Å². The average Bonchev–Trinajstić information content (AvgIpc) is 2.96. The number of rotatable bonds is 13. The molecule has 0 saturated heterocycles. The van der Waals surface area contributed by atoms with Crippen LogP contribution in [-0.2, 0) is 28.9 Å². The van der Waals surface area contributed by atoms with Gasteiger partial charge in [0.1, 0.15) is 6.04 Å². The smallest absolute Gasteiger partial charge is 0.242 e. The van der Waals surface area contributed by atoms with Crippen LogP contribution in [0.3, 0.4) is 0 Å². The van der Waals surface area contributed by atoms with Gasteiger partial charge in [0.25, 0.3) is 0 Å². The predicted octanol–water partition coefficient (Wildman–Crippen LogP) is 2.87. The molecule has 0 aromatic heterocycles. The molecule has 3 aromatic carbocycles. The van der Waals surface area contributed by atoms with Crippen molar-refractivity contribution < 1.29 is 28.5 Å². The van der Waals surface area contributed by atoms with Crippen molar-refractivity contribution in [2.45, 2.75) is 25.3 Å². The first-order valence-electron chi connectivity index (χ1n) is 12.7. The fourth-order valence-electron chi connectivity index (χ4n) is 4.12. The summed E-state index contributed by atoms with van der Waals surface area (Å²) in [4.78, 5) is 25.8. The summed E-state index contributed by atoms with van der Waals surface area (Å²) in [7, 11) is 6.21. The lowest BCUT2D eigenvalue weighted by Crippen LogP contribution is -2.52. The van der Waals surface area contributed by atoms with E-state index in [4.69, 9.17) is 24.4 Å². The molecule has 0 saturated carbocycles. The first-order valence-corrected chi connectivity index (χ1v) is 12.7. The van der Waals surface area contributed by atoms with Crippen LogP contribution in [0.25, 0.3) is 0 Å².